The molecule has 2 saturated heterocycles. The van der Waals surface area contributed by atoms with Crippen LogP contribution in [0.2, 0.25) is 0 Å². The number of piperazine rings is 1. The Morgan fingerprint density at radius 1 is 1.05 bits per heavy atom. The number of amides is 1. The maximum absolute atomic E-state index is 13.8. The molecular formula is C29H31F2N7O4S. The van der Waals surface area contributed by atoms with Gasteiger partial charge in [0.05, 0.1) is 33.6 Å². The number of pyridine rings is 1. The molecule has 2 aromatic carbocycles. The number of nitrogens with one attached hydrogen (secondary N) is 2. The van der Waals surface area contributed by atoms with E-state index in [1.54, 1.807) is 29.2 Å². The lowest BCUT2D eigenvalue weighted by Crippen LogP contribution is -2.63. The van der Waals surface area contributed by atoms with Crippen LogP contribution in [0.15, 0.2) is 70.7 Å². The van der Waals surface area contributed by atoms with E-state index in [0.717, 1.165) is 31.4 Å². The van der Waals surface area contributed by atoms with Crippen LogP contribution in [0, 0.1) is 11.6 Å². The molecule has 0 spiro atoms. The molecule has 6 rings (SSSR count). The van der Waals surface area contributed by atoms with Crippen molar-refractivity contribution in [3.63, 3.8) is 0 Å². The summed E-state index contributed by atoms with van der Waals surface area (Å²) in [6, 6.07) is 10.00. The summed E-state index contributed by atoms with van der Waals surface area (Å²) in [4.78, 5) is 21.1. The van der Waals surface area contributed by atoms with Gasteiger partial charge in [0.2, 0.25) is 9.84 Å². The standard InChI is InChI=1S/C29H31F2N7O4S/c1-36-10-11-37(26(18-36)34-29(39)24-5-4-9-32-28(24)35-27-6-2-3-12-42-27)38-25-8-7-22(13-19(25)17-33-38)43(40,41)23-15-20(30)14-21(31)16-23/h4-5,7-9,13-17,26-27H,2-3,6,10-12,18H2,1H3,(H,32,35)(H,34,39). The largest absolute Gasteiger partial charge is 0.359 e. The van der Waals surface area contributed by atoms with Crippen LogP contribution < -0.4 is 15.6 Å². The van der Waals surface area contributed by atoms with E-state index < -0.39 is 32.5 Å². The van der Waals surface area contributed by atoms with E-state index in [1.165, 1.54) is 18.3 Å². The third kappa shape index (κ3) is 6.03. The van der Waals surface area contributed by atoms with Gasteiger partial charge in [0.1, 0.15) is 29.8 Å². The molecule has 226 valence electrons. The third-order valence-corrected chi connectivity index (χ3v) is 9.33. The quantitative estimate of drug-likeness (QED) is 0.325. The highest BCUT2D eigenvalue weighted by atomic mass is 32.2. The van der Waals surface area contributed by atoms with E-state index in [0.29, 0.717) is 54.6 Å². The second kappa shape index (κ2) is 11.9. The molecule has 14 heteroatoms. The maximum atomic E-state index is 13.8. The van der Waals surface area contributed by atoms with Gasteiger partial charge in [-0.25, -0.2) is 22.2 Å². The fraction of sp³-hybridized carbons (Fsp3) is 0.345. The van der Waals surface area contributed by atoms with Crippen molar-refractivity contribution in [3.8, 4) is 0 Å². The van der Waals surface area contributed by atoms with E-state index in [9.17, 15) is 22.0 Å². The van der Waals surface area contributed by atoms with E-state index in [1.807, 2.05) is 12.1 Å². The first-order valence-electron chi connectivity index (χ1n) is 14.0. The monoisotopic (exact) mass is 611 g/mol. The molecule has 0 saturated carbocycles. The molecule has 4 heterocycles. The number of carbonyl (C=O) groups is 1. The van der Waals surface area contributed by atoms with Crippen molar-refractivity contribution >= 4 is 32.5 Å². The second-order valence-electron chi connectivity index (χ2n) is 10.7. The summed E-state index contributed by atoms with van der Waals surface area (Å²) < 4.78 is 59.6. The van der Waals surface area contributed by atoms with Gasteiger partial charge >= 0.3 is 0 Å². The third-order valence-electron chi connectivity index (χ3n) is 7.60. The molecule has 11 nitrogen and oxygen atoms in total. The Morgan fingerprint density at radius 2 is 1.86 bits per heavy atom. The van der Waals surface area contributed by atoms with Crippen molar-refractivity contribution < 1.29 is 26.7 Å². The Labute approximate surface area is 247 Å². The Balaban J connectivity index is 1.26. The molecule has 43 heavy (non-hydrogen) atoms. The van der Waals surface area contributed by atoms with Crippen LogP contribution in [0.25, 0.3) is 10.9 Å². The predicted molar refractivity (Wildman–Crippen MR) is 155 cm³/mol. The van der Waals surface area contributed by atoms with Gasteiger partial charge in [-0.3, -0.25) is 9.80 Å². The molecule has 2 aliphatic heterocycles. The predicted octanol–water partition coefficient (Wildman–Crippen LogP) is 3.12. The molecule has 2 aliphatic rings. The zero-order valence-electron chi connectivity index (χ0n) is 23.4. The smallest absolute Gasteiger partial charge is 0.256 e. The number of sulfone groups is 1. The molecule has 0 bridgehead atoms. The van der Waals surface area contributed by atoms with E-state index >= 15 is 0 Å². The van der Waals surface area contributed by atoms with E-state index in [-0.39, 0.29) is 17.0 Å². The van der Waals surface area contributed by atoms with Crippen LogP contribution >= 0.6 is 0 Å². The summed E-state index contributed by atoms with van der Waals surface area (Å²) in [5, 5.41) is 13.3. The number of fused-ring (bicyclic) bond motifs is 1. The minimum Gasteiger partial charge on any atom is -0.359 e. The maximum Gasteiger partial charge on any atom is 0.256 e. The molecule has 2 atom stereocenters. The van der Waals surface area contributed by atoms with Gasteiger partial charge in [0.15, 0.2) is 0 Å². The molecule has 2 N–H and O–H groups in total. The lowest BCUT2D eigenvalue weighted by Gasteiger charge is -2.41. The number of likely N-dealkylation sites (N-methyl/N-ethyl adjacent to an activating group) is 1. The molecule has 4 aromatic rings. The summed E-state index contributed by atoms with van der Waals surface area (Å²) in [5.41, 5.74) is 0.991. The highest BCUT2D eigenvalue weighted by Gasteiger charge is 2.30. The van der Waals surface area contributed by atoms with Gasteiger partial charge in [-0.15, -0.1) is 0 Å². The van der Waals surface area contributed by atoms with Gasteiger partial charge in [-0.2, -0.15) is 9.89 Å². The first-order chi connectivity index (χ1) is 20.7. The normalized spacial score (nSPS) is 19.8. The number of halogens is 2. The summed E-state index contributed by atoms with van der Waals surface area (Å²) in [6.07, 6.45) is 5.31. The van der Waals surface area contributed by atoms with E-state index in [4.69, 9.17) is 4.74 Å². The van der Waals surface area contributed by atoms with Crippen molar-refractivity contribution in [2.75, 3.05) is 43.6 Å². The molecule has 2 aromatic heterocycles. The number of rotatable bonds is 7. The Kier molecular flexibility index (Phi) is 7.99. The van der Waals surface area contributed by atoms with E-state index in [2.05, 4.69) is 25.6 Å². The SMILES string of the molecule is CN1CCN(n2ncc3cc(S(=O)(=O)c4cc(F)cc(F)c4)ccc32)C(NC(=O)c2cccnc2NC2CCCCO2)C1. The van der Waals surface area contributed by atoms with Gasteiger partial charge in [0.25, 0.3) is 5.91 Å². The average molecular weight is 612 g/mol. The first kappa shape index (κ1) is 29.0. The zero-order valence-corrected chi connectivity index (χ0v) is 24.2. The van der Waals surface area contributed by atoms with Crippen molar-refractivity contribution in [1.29, 1.82) is 0 Å². The second-order valence-corrected chi connectivity index (χ2v) is 12.6. The van der Waals surface area contributed by atoms with Crippen molar-refractivity contribution in [1.82, 2.24) is 25.1 Å². The lowest BCUT2D eigenvalue weighted by molar-refractivity contribution is 0.0340. The Morgan fingerprint density at radius 3 is 2.63 bits per heavy atom. The summed E-state index contributed by atoms with van der Waals surface area (Å²) in [7, 11) is -2.23. The first-order valence-corrected chi connectivity index (χ1v) is 15.5. The van der Waals surface area contributed by atoms with Crippen molar-refractivity contribution in [2.45, 2.75) is 41.4 Å². The van der Waals surface area contributed by atoms with Crippen LogP contribution in [0.3, 0.4) is 0 Å². The number of aromatic nitrogens is 3. The Bertz CT molecular complexity index is 1740. The minimum atomic E-state index is -4.19. The topological polar surface area (TPSA) is 122 Å². The number of carbonyl (C=O) groups excluding carboxylic acids is 1. The minimum absolute atomic E-state index is 0.119. The molecule has 0 aliphatic carbocycles. The molecule has 2 unspecified atom stereocenters. The van der Waals surface area contributed by atoms with Crippen molar-refractivity contribution in [3.05, 3.63) is 78.1 Å². The lowest BCUT2D eigenvalue weighted by atomic mass is 10.1. The van der Waals surface area contributed by atoms with Crippen LogP contribution in [-0.2, 0) is 14.6 Å². The molecule has 1 amide bonds. The number of anilines is 1. The number of hydrogen-bond acceptors (Lipinski definition) is 9. The number of ether oxygens (including phenoxy) is 1. The van der Waals surface area contributed by atoms with Gasteiger partial charge in [-0.05, 0) is 68.8 Å². The van der Waals surface area contributed by atoms with Gasteiger partial charge in [-0.1, -0.05) is 0 Å². The summed E-state index contributed by atoms with van der Waals surface area (Å²) in [5.74, 6) is -1.83. The number of benzene rings is 2. The summed E-state index contributed by atoms with van der Waals surface area (Å²) in [6.45, 7) is 2.38. The molecular weight excluding hydrogens is 580 g/mol. The van der Waals surface area contributed by atoms with Gasteiger partial charge < -0.3 is 20.3 Å². The fourth-order valence-corrected chi connectivity index (χ4v) is 6.72. The summed E-state index contributed by atoms with van der Waals surface area (Å²) >= 11 is 0. The van der Waals surface area contributed by atoms with Gasteiger partial charge in [0, 0.05) is 37.3 Å². The van der Waals surface area contributed by atoms with Crippen LogP contribution in [0.4, 0.5) is 14.6 Å². The average Bonchev–Trinajstić information content (AvgIpc) is 3.41. The van der Waals surface area contributed by atoms with Crippen LogP contribution in [0.1, 0.15) is 29.6 Å². The van der Waals surface area contributed by atoms with Crippen LogP contribution in [-0.4, -0.2) is 79.8 Å². The molecule has 0 radical (unpaired) electrons. The fourth-order valence-electron chi connectivity index (χ4n) is 5.39. The number of hydrogen-bond donors (Lipinski definition) is 2. The zero-order chi connectivity index (χ0) is 30.1. The Hall–Kier alpha value is -4.14. The highest BCUT2D eigenvalue weighted by molar-refractivity contribution is 7.91. The van der Waals surface area contributed by atoms with Crippen LogP contribution in [0.5, 0.6) is 0 Å². The molecule has 2 fully saturated rings. The number of nitrogens with zero attached hydrogens (tertiary/aromatic N) is 5. The highest BCUT2D eigenvalue weighted by Crippen LogP contribution is 2.27. The van der Waals surface area contributed by atoms with Crippen molar-refractivity contribution in [2.24, 2.45) is 0 Å².